The van der Waals surface area contributed by atoms with Gasteiger partial charge in [0.15, 0.2) is 0 Å². The zero-order valence-electron chi connectivity index (χ0n) is 13.0. The van der Waals surface area contributed by atoms with Gasteiger partial charge in [-0.25, -0.2) is 4.98 Å². The third-order valence-corrected chi connectivity index (χ3v) is 3.12. The van der Waals surface area contributed by atoms with E-state index in [4.69, 9.17) is 4.74 Å². The lowest BCUT2D eigenvalue weighted by atomic mass is 9.97. The van der Waals surface area contributed by atoms with Crippen molar-refractivity contribution in [3.05, 3.63) is 27.4 Å². The average molecular weight is 280 g/mol. The van der Waals surface area contributed by atoms with Gasteiger partial charge in [-0.05, 0) is 12.3 Å². The number of hydrogen-bond acceptors (Lipinski definition) is 4. The van der Waals surface area contributed by atoms with E-state index in [2.05, 4.69) is 11.9 Å². The zero-order chi connectivity index (χ0) is 15.3. The molecule has 0 saturated heterocycles. The molecular weight excluding hydrogens is 256 g/mol. The van der Waals surface area contributed by atoms with Crippen molar-refractivity contribution in [3.63, 3.8) is 0 Å². The van der Waals surface area contributed by atoms with E-state index in [1.165, 1.54) is 0 Å². The molecule has 0 aliphatic rings. The molecule has 0 saturated carbocycles. The highest BCUT2D eigenvalue weighted by Gasteiger charge is 2.26. The number of nitrogens with zero attached hydrogens (tertiary/aromatic N) is 2. The van der Waals surface area contributed by atoms with Crippen molar-refractivity contribution in [1.29, 1.82) is 0 Å². The Morgan fingerprint density at radius 1 is 1.30 bits per heavy atom. The van der Waals surface area contributed by atoms with Gasteiger partial charge in [0.2, 0.25) is 5.88 Å². The molecule has 112 valence electrons. The van der Waals surface area contributed by atoms with E-state index in [0.717, 1.165) is 12.8 Å². The molecule has 0 N–H and O–H groups in total. The van der Waals surface area contributed by atoms with Crippen LogP contribution in [-0.4, -0.2) is 16.5 Å². The fraction of sp³-hybridized carbons (Fsp3) is 0.667. The molecule has 0 radical (unpaired) electrons. The zero-order valence-corrected chi connectivity index (χ0v) is 13.0. The average Bonchev–Trinajstić information content (AvgIpc) is 2.37. The van der Waals surface area contributed by atoms with Crippen molar-refractivity contribution in [1.82, 2.24) is 4.98 Å². The standard InChI is InChI=1S/C15H24N2O3/c1-6-7-8-20-13-9-12(10(2)3)15(17(18)19)14(16-13)11(4)5/h9-11H,6-8H2,1-5H3. The molecule has 5 nitrogen and oxygen atoms in total. The first-order valence-corrected chi connectivity index (χ1v) is 7.20. The Labute approximate surface area is 120 Å². The summed E-state index contributed by atoms with van der Waals surface area (Å²) in [7, 11) is 0. The van der Waals surface area contributed by atoms with E-state index in [1.54, 1.807) is 6.07 Å². The Hall–Kier alpha value is -1.65. The van der Waals surface area contributed by atoms with Gasteiger partial charge in [-0.3, -0.25) is 10.1 Å². The van der Waals surface area contributed by atoms with Crippen LogP contribution in [0.2, 0.25) is 0 Å². The minimum absolute atomic E-state index is 0.0115. The van der Waals surface area contributed by atoms with Gasteiger partial charge in [-0.15, -0.1) is 0 Å². The van der Waals surface area contributed by atoms with E-state index in [1.807, 2.05) is 27.7 Å². The first kappa shape index (κ1) is 16.4. The number of rotatable bonds is 7. The summed E-state index contributed by atoms with van der Waals surface area (Å²) in [5, 5.41) is 11.3. The highest BCUT2D eigenvalue weighted by atomic mass is 16.6. The Morgan fingerprint density at radius 2 is 1.95 bits per heavy atom. The molecule has 0 unspecified atom stereocenters. The van der Waals surface area contributed by atoms with Crippen LogP contribution in [0.3, 0.4) is 0 Å². The summed E-state index contributed by atoms with van der Waals surface area (Å²) in [6, 6.07) is 1.71. The number of hydrogen-bond donors (Lipinski definition) is 0. The van der Waals surface area contributed by atoms with Crippen LogP contribution in [0.4, 0.5) is 5.69 Å². The van der Waals surface area contributed by atoms with Gasteiger partial charge in [0.25, 0.3) is 5.69 Å². The van der Waals surface area contributed by atoms with Gasteiger partial charge in [-0.2, -0.15) is 0 Å². The predicted molar refractivity (Wildman–Crippen MR) is 79.5 cm³/mol. The maximum Gasteiger partial charge on any atom is 0.294 e. The first-order valence-electron chi connectivity index (χ1n) is 7.20. The van der Waals surface area contributed by atoms with Crippen LogP contribution in [0.15, 0.2) is 6.07 Å². The van der Waals surface area contributed by atoms with Gasteiger partial charge >= 0.3 is 0 Å². The fourth-order valence-electron chi connectivity index (χ4n) is 1.99. The number of nitro groups is 1. The minimum atomic E-state index is -0.326. The molecule has 1 heterocycles. The molecule has 0 aliphatic heterocycles. The lowest BCUT2D eigenvalue weighted by molar-refractivity contribution is -0.386. The minimum Gasteiger partial charge on any atom is -0.478 e. The molecule has 1 rings (SSSR count). The monoisotopic (exact) mass is 280 g/mol. The van der Waals surface area contributed by atoms with Gasteiger partial charge in [0, 0.05) is 17.5 Å². The van der Waals surface area contributed by atoms with Crippen LogP contribution >= 0.6 is 0 Å². The molecule has 5 heteroatoms. The first-order chi connectivity index (χ1) is 9.38. The summed E-state index contributed by atoms with van der Waals surface area (Å²) in [5.41, 5.74) is 1.34. The number of pyridine rings is 1. The molecule has 0 spiro atoms. The predicted octanol–water partition coefficient (Wildman–Crippen LogP) is 4.42. The molecule has 0 atom stereocenters. The van der Waals surface area contributed by atoms with Crippen molar-refractivity contribution in [2.75, 3.05) is 6.61 Å². The molecule has 1 aromatic heterocycles. The molecule has 20 heavy (non-hydrogen) atoms. The molecule has 0 aliphatic carbocycles. The summed E-state index contributed by atoms with van der Waals surface area (Å²) >= 11 is 0. The second-order valence-electron chi connectivity index (χ2n) is 5.55. The lowest BCUT2D eigenvalue weighted by Crippen LogP contribution is -2.09. The van der Waals surface area contributed by atoms with E-state index >= 15 is 0 Å². The smallest absolute Gasteiger partial charge is 0.294 e. The Balaban J connectivity index is 3.27. The van der Waals surface area contributed by atoms with Crippen LogP contribution in [0, 0.1) is 10.1 Å². The summed E-state index contributed by atoms with van der Waals surface area (Å²) < 4.78 is 5.63. The summed E-state index contributed by atoms with van der Waals surface area (Å²) in [6.07, 6.45) is 1.99. The number of ether oxygens (including phenoxy) is 1. The van der Waals surface area contributed by atoms with Crippen LogP contribution in [0.1, 0.15) is 70.6 Å². The normalized spacial score (nSPS) is 11.2. The van der Waals surface area contributed by atoms with Crippen molar-refractivity contribution in [2.24, 2.45) is 0 Å². The van der Waals surface area contributed by atoms with E-state index in [0.29, 0.717) is 23.7 Å². The molecular formula is C15H24N2O3. The van der Waals surface area contributed by atoms with E-state index < -0.39 is 0 Å². The molecule has 0 amide bonds. The summed E-state index contributed by atoms with van der Waals surface area (Å²) in [5.74, 6) is 0.545. The van der Waals surface area contributed by atoms with E-state index in [9.17, 15) is 10.1 Å². The van der Waals surface area contributed by atoms with Crippen molar-refractivity contribution in [3.8, 4) is 5.88 Å². The highest BCUT2D eigenvalue weighted by Crippen LogP contribution is 2.35. The van der Waals surface area contributed by atoms with Crippen molar-refractivity contribution in [2.45, 2.75) is 59.3 Å². The maximum absolute atomic E-state index is 11.3. The van der Waals surface area contributed by atoms with E-state index in [-0.39, 0.29) is 22.4 Å². The molecule has 1 aromatic rings. The molecule has 0 bridgehead atoms. The number of aromatic nitrogens is 1. The van der Waals surface area contributed by atoms with Gasteiger partial charge in [-0.1, -0.05) is 41.0 Å². The lowest BCUT2D eigenvalue weighted by Gasteiger charge is -2.15. The SMILES string of the molecule is CCCCOc1cc(C(C)C)c([N+](=O)[O-])c(C(C)C)n1. The molecule has 0 aromatic carbocycles. The summed E-state index contributed by atoms with van der Waals surface area (Å²) in [6.45, 7) is 10.4. The van der Waals surface area contributed by atoms with Crippen LogP contribution in [-0.2, 0) is 0 Å². The maximum atomic E-state index is 11.3. The topological polar surface area (TPSA) is 65.3 Å². The third-order valence-electron chi connectivity index (χ3n) is 3.12. The second-order valence-corrected chi connectivity index (χ2v) is 5.55. The number of unbranched alkanes of at least 4 members (excludes halogenated alkanes) is 1. The third kappa shape index (κ3) is 3.92. The molecule has 0 fully saturated rings. The Kier molecular flexibility index (Phi) is 5.92. The van der Waals surface area contributed by atoms with Crippen molar-refractivity contribution < 1.29 is 9.66 Å². The fourth-order valence-corrected chi connectivity index (χ4v) is 1.99. The summed E-state index contributed by atoms with van der Waals surface area (Å²) in [4.78, 5) is 15.4. The van der Waals surface area contributed by atoms with Gasteiger partial charge in [0.05, 0.1) is 11.5 Å². The van der Waals surface area contributed by atoms with Crippen LogP contribution in [0.25, 0.3) is 0 Å². The Morgan fingerprint density at radius 3 is 2.40 bits per heavy atom. The van der Waals surface area contributed by atoms with Gasteiger partial charge < -0.3 is 4.74 Å². The second kappa shape index (κ2) is 7.22. The van der Waals surface area contributed by atoms with Crippen LogP contribution in [0.5, 0.6) is 5.88 Å². The largest absolute Gasteiger partial charge is 0.478 e. The van der Waals surface area contributed by atoms with Crippen LogP contribution < -0.4 is 4.74 Å². The van der Waals surface area contributed by atoms with Gasteiger partial charge in [0.1, 0.15) is 5.69 Å². The highest BCUT2D eigenvalue weighted by molar-refractivity contribution is 5.49. The quantitative estimate of drug-likeness (QED) is 0.421. The van der Waals surface area contributed by atoms with Crippen molar-refractivity contribution >= 4 is 5.69 Å². The Bertz CT molecular complexity index is 441.